The zero-order valence-corrected chi connectivity index (χ0v) is 23.7. The van der Waals surface area contributed by atoms with Crippen LogP contribution in [0.4, 0.5) is 17.5 Å². The number of hydrogen-bond donors (Lipinski definition) is 1. The van der Waals surface area contributed by atoms with E-state index in [2.05, 4.69) is 22.1 Å². The number of Topliss-reactive ketones (excluding diaryl/α,β-unsaturated/α-hetero) is 1. The monoisotopic (exact) mass is 551 g/mol. The molecule has 1 saturated carbocycles. The summed E-state index contributed by atoms with van der Waals surface area (Å²) in [5.41, 5.74) is 1.48. The van der Waals surface area contributed by atoms with E-state index in [4.69, 9.17) is 21.3 Å². The Balaban J connectivity index is 1.48. The molecule has 1 saturated heterocycles. The number of fused-ring (bicyclic) bond motifs is 1. The molecule has 5 rings (SSSR count). The average Bonchev–Trinajstić information content (AvgIpc) is 2.97. The van der Waals surface area contributed by atoms with Crippen LogP contribution in [0.25, 0.3) is 10.9 Å². The molecule has 208 valence electrons. The number of piperidine rings is 1. The predicted octanol–water partition coefficient (Wildman–Crippen LogP) is 6.68. The molecule has 1 N–H and O–H groups in total. The molecule has 3 aromatic rings. The maximum Gasteiger partial charge on any atom is 0.293 e. The van der Waals surface area contributed by atoms with Gasteiger partial charge in [-0.1, -0.05) is 51.1 Å². The Hall–Kier alpha value is -3.13. The van der Waals surface area contributed by atoms with Crippen molar-refractivity contribution in [3.63, 3.8) is 0 Å². The van der Waals surface area contributed by atoms with E-state index in [0.29, 0.717) is 29.1 Å². The van der Waals surface area contributed by atoms with Crippen molar-refractivity contribution in [2.75, 3.05) is 29.9 Å². The zero-order valence-electron chi connectivity index (χ0n) is 22.9. The smallest absolute Gasteiger partial charge is 0.293 e. The maximum absolute atomic E-state index is 13.5. The molecular formula is C30H38ClN5O3. The molecule has 0 radical (unpaired) electrons. The van der Waals surface area contributed by atoms with Crippen LogP contribution in [0.3, 0.4) is 0 Å². The van der Waals surface area contributed by atoms with E-state index in [-0.39, 0.29) is 29.7 Å². The lowest BCUT2D eigenvalue weighted by Crippen LogP contribution is -2.36. The zero-order chi connectivity index (χ0) is 27.4. The molecule has 0 spiro atoms. The van der Waals surface area contributed by atoms with Gasteiger partial charge in [0.15, 0.2) is 17.4 Å². The van der Waals surface area contributed by atoms with Gasteiger partial charge in [0.05, 0.1) is 11.7 Å². The Bertz CT molecular complexity index is 1390. The first-order chi connectivity index (χ1) is 19.0. The summed E-state index contributed by atoms with van der Waals surface area (Å²) in [6.07, 6.45) is 10.9. The lowest BCUT2D eigenvalue weighted by atomic mass is 9.94. The standard InChI is InChI=1S/C30H38ClN5O3/c1-3-20-9-8-14-35(18-20)30-32-17-25(31)28(34-30)33-22-12-13-26-21(15-22)16-27(39-19-24(37)4-2)29(38)36(26)23-10-6-5-7-11-23/h12-13,15-17,20,23H,3-11,14,18-19H2,1-2H3,(H,32,33,34). The van der Waals surface area contributed by atoms with Crippen LogP contribution in [0.5, 0.6) is 5.75 Å². The summed E-state index contributed by atoms with van der Waals surface area (Å²) < 4.78 is 7.63. The molecule has 0 bridgehead atoms. The Morgan fingerprint density at radius 3 is 2.72 bits per heavy atom. The third-order valence-corrected chi connectivity index (χ3v) is 8.38. The number of halogens is 1. The molecule has 1 atom stereocenters. The number of anilines is 3. The summed E-state index contributed by atoms with van der Waals surface area (Å²) in [4.78, 5) is 37.0. The minimum absolute atomic E-state index is 0.0395. The average molecular weight is 552 g/mol. The van der Waals surface area contributed by atoms with Crippen LogP contribution in [-0.4, -0.2) is 40.0 Å². The van der Waals surface area contributed by atoms with E-state index in [1.54, 1.807) is 19.2 Å². The fourth-order valence-electron chi connectivity index (χ4n) is 5.78. The van der Waals surface area contributed by atoms with Crippen molar-refractivity contribution in [1.29, 1.82) is 0 Å². The Kier molecular flexibility index (Phi) is 8.70. The molecule has 1 unspecified atom stereocenters. The molecule has 1 aliphatic heterocycles. The van der Waals surface area contributed by atoms with Crippen molar-refractivity contribution >= 4 is 45.7 Å². The number of ketones is 1. The van der Waals surface area contributed by atoms with Crippen LogP contribution in [0.2, 0.25) is 5.02 Å². The second-order valence-electron chi connectivity index (χ2n) is 10.8. The molecule has 2 fully saturated rings. The molecular weight excluding hydrogens is 514 g/mol. The molecule has 9 heteroatoms. The number of nitrogens with zero attached hydrogens (tertiary/aromatic N) is 4. The molecule has 3 heterocycles. The summed E-state index contributed by atoms with van der Waals surface area (Å²) in [7, 11) is 0. The van der Waals surface area contributed by atoms with Gasteiger partial charge in [-0.05, 0) is 55.9 Å². The number of hydrogen-bond acceptors (Lipinski definition) is 7. The van der Waals surface area contributed by atoms with E-state index >= 15 is 0 Å². The maximum atomic E-state index is 13.5. The number of ether oxygens (including phenoxy) is 1. The third-order valence-electron chi connectivity index (χ3n) is 8.10. The lowest BCUT2D eigenvalue weighted by Gasteiger charge is -2.32. The Morgan fingerprint density at radius 1 is 1.13 bits per heavy atom. The molecule has 2 aromatic heterocycles. The van der Waals surface area contributed by atoms with Gasteiger partial charge in [0.1, 0.15) is 11.6 Å². The molecule has 1 aromatic carbocycles. The van der Waals surface area contributed by atoms with E-state index in [0.717, 1.165) is 68.2 Å². The summed E-state index contributed by atoms with van der Waals surface area (Å²) in [5, 5.41) is 4.67. The van der Waals surface area contributed by atoms with Crippen molar-refractivity contribution in [3.05, 3.63) is 45.8 Å². The molecule has 2 aliphatic rings. The molecule has 1 aliphatic carbocycles. The molecule has 8 nitrogen and oxygen atoms in total. The van der Waals surface area contributed by atoms with Gasteiger partial charge in [-0.2, -0.15) is 4.98 Å². The van der Waals surface area contributed by atoms with Gasteiger partial charge >= 0.3 is 0 Å². The van der Waals surface area contributed by atoms with Crippen molar-refractivity contribution in [2.24, 2.45) is 5.92 Å². The number of nitrogens with one attached hydrogen (secondary N) is 1. The highest BCUT2D eigenvalue weighted by Crippen LogP contribution is 2.33. The first-order valence-electron chi connectivity index (χ1n) is 14.3. The van der Waals surface area contributed by atoms with Crippen LogP contribution >= 0.6 is 11.6 Å². The highest BCUT2D eigenvalue weighted by atomic mass is 35.5. The second kappa shape index (κ2) is 12.4. The van der Waals surface area contributed by atoms with Gasteiger partial charge in [0.25, 0.3) is 5.56 Å². The quantitative estimate of drug-likeness (QED) is 0.317. The summed E-state index contributed by atoms with van der Waals surface area (Å²) in [6.45, 7) is 5.82. The minimum Gasteiger partial charge on any atom is -0.480 e. The fourth-order valence-corrected chi connectivity index (χ4v) is 5.92. The lowest BCUT2D eigenvalue weighted by molar-refractivity contribution is -0.120. The van der Waals surface area contributed by atoms with E-state index in [9.17, 15) is 9.59 Å². The predicted molar refractivity (Wildman–Crippen MR) is 157 cm³/mol. The summed E-state index contributed by atoms with van der Waals surface area (Å²) in [5.74, 6) is 2.06. The van der Waals surface area contributed by atoms with E-state index in [1.165, 1.54) is 12.8 Å². The second-order valence-corrected chi connectivity index (χ2v) is 11.2. The highest BCUT2D eigenvalue weighted by Gasteiger charge is 2.23. The SMILES string of the molecule is CCC(=O)COc1cc2cc(Nc3nc(N4CCCC(CC)C4)ncc3Cl)ccc2n(C2CCCCC2)c1=O. The van der Waals surface area contributed by atoms with Gasteiger partial charge in [-0.15, -0.1) is 0 Å². The largest absolute Gasteiger partial charge is 0.480 e. The van der Waals surface area contributed by atoms with Crippen molar-refractivity contribution in [2.45, 2.75) is 77.7 Å². The number of aromatic nitrogens is 3. The van der Waals surface area contributed by atoms with Gasteiger partial charge in [-0.25, -0.2) is 4.98 Å². The minimum atomic E-state index is -0.172. The normalized spacial score (nSPS) is 18.3. The topological polar surface area (TPSA) is 89.3 Å². The van der Waals surface area contributed by atoms with Gasteiger partial charge in [0.2, 0.25) is 5.95 Å². The molecule has 0 amide bonds. The number of benzene rings is 1. The van der Waals surface area contributed by atoms with E-state index < -0.39 is 0 Å². The van der Waals surface area contributed by atoms with Gasteiger partial charge < -0.3 is 19.5 Å². The molecule has 39 heavy (non-hydrogen) atoms. The van der Waals surface area contributed by atoms with Crippen LogP contribution < -0.4 is 20.5 Å². The first kappa shape index (κ1) is 27.4. The van der Waals surface area contributed by atoms with Crippen LogP contribution in [0.15, 0.2) is 35.3 Å². The number of carbonyl (C=O) groups excluding carboxylic acids is 1. The number of rotatable bonds is 9. The Morgan fingerprint density at radius 2 is 1.95 bits per heavy atom. The first-order valence-corrected chi connectivity index (χ1v) is 14.7. The van der Waals surface area contributed by atoms with Gasteiger partial charge in [0, 0.05) is 36.6 Å². The fraction of sp³-hybridized carbons (Fsp3) is 0.533. The number of carbonyl (C=O) groups is 1. The highest BCUT2D eigenvalue weighted by molar-refractivity contribution is 6.32. The summed E-state index contributed by atoms with van der Waals surface area (Å²) in [6, 6.07) is 7.77. The van der Waals surface area contributed by atoms with Crippen LogP contribution in [0, 0.1) is 5.92 Å². The van der Waals surface area contributed by atoms with Crippen molar-refractivity contribution in [3.8, 4) is 5.75 Å². The van der Waals surface area contributed by atoms with Gasteiger partial charge in [-0.3, -0.25) is 9.59 Å². The van der Waals surface area contributed by atoms with Crippen LogP contribution in [-0.2, 0) is 4.79 Å². The van der Waals surface area contributed by atoms with Crippen LogP contribution in [0.1, 0.15) is 77.7 Å². The number of pyridine rings is 1. The third kappa shape index (κ3) is 6.21. The summed E-state index contributed by atoms with van der Waals surface area (Å²) >= 11 is 6.51. The van der Waals surface area contributed by atoms with Crippen molar-refractivity contribution < 1.29 is 9.53 Å². The van der Waals surface area contributed by atoms with Crippen molar-refractivity contribution in [1.82, 2.24) is 14.5 Å². The van der Waals surface area contributed by atoms with E-state index in [1.807, 2.05) is 22.8 Å². The Labute approximate surface area is 234 Å².